The molecule has 1 amide bonds. The first kappa shape index (κ1) is 14.7. The number of anilines is 2. The van der Waals surface area contributed by atoms with Crippen molar-refractivity contribution in [1.82, 2.24) is 10.3 Å². The quantitative estimate of drug-likeness (QED) is 0.591. The SMILES string of the molecule is CCCNc1nc(N)c(C(=O)NCC(C)CO)s1. The third-order valence-electron chi connectivity index (χ3n) is 2.31. The lowest BCUT2D eigenvalue weighted by Crippen LogP contribution is -2.29. The van der Waals surface area contributed by atoms with Gasteiger partial charge in [-0.15, -0.1) is 0 Å². The van der Waals surface area contributed by atoms with Gasteiger partial charge < -0.3 is 21.5 Å². The fraction of sp³-hybridized carbons (Fsp3) is 0.636. The average Bonchev–Trinajstić information content (AvgIpc) is 2.74. The number of hydrogen-bond acceptors (Lipinski definition) is 6. The minimum absolute atomic E-state index is 0.0285. The molecule has 0 aliphatic rings. The van der Waals surface area contributed by atoms with Crippen molar-refractivity contribution in [3.05, 3.63) is 4.88 Å². The zero-order chi connectivity index (χ0) is 13.5. The highest BCUT2D eigenvalue weighted by Crippen LogP contribution is 2.24. The zero-order valence-corrected chi connectivity index (χ0v) is 11.5. The maximum Gasteiger partial charge on any atom is 0.265 e. The number of aromatic nitrogens is 1. The summed E-state index contributed by atoms with van der Waals surface area (Å²) in [5.74, 6) is 0.0309. The molecule has 1 aromatic heterocycles. The van der Waals surface area contributed by atoms with Crippen molar-refractivity contribution in [2.75, 3.05) is 30.7 Å². The summed E-state index contributed by atoms with van der Waals surface area (Å²) >= 11 is 1.25. The fourth-order valence-corrected chi connectivity index (χ4v) is 2.04. The summed E-state index contributed by atoms with van der Waals surface area (Å²) < 4.78 is 0. The first-order valence-corrected chi connectivity index (χ1v) is 6.79. The van der Waals surface area contributed by atoms with E-state index in [4.69, 9.17) is 10.8 Å². The van der Waals surface area contributed by atoms with Crippen LogP contribution >= 0.6 is 11.3 Å². The predicted molar refractivity (Wildman–Crippen MR) is 73.9 cm³/mol. The highest BCUT2D eigenvalue weighted by Gasteiger charge is 2.16. The Morgan fingerprint density at radius 1 is 1.61 bits per heavy atom. The van der Waals surface area contributed by atoms with Crippen LogP contribution < -0.4 is 16.4 Å². The van der Waals surface area contributed by atoms with Crippen LogP contribution in [0.5, 0.6) is 0 Å². The number of hydrogen-bond donors (Lipinski definition) is 4. The first-order chi connectivity index (χ1) is 8.58. The van der Waals surface area contributed by atoms with Crippen LogP contribution in [-0.2, 0) is 0 Å². The summed E-state index contributed by atoms with van der Waals surface area (Å²) in [6, 6.07) is 0. The van der Waals surface area contributed by atoms with Crippen LogP contribution in [0.25, 0.3) is 0 Å². The minimum atomic E-state index is -0.241. The summed E-state index contributed by atoms with van der Waals surface area (Å²) in [5, 5.41) is 15.4. The smallest absolute Gasteiger partial charge is 0.265 e. The van der Waals surface area contributed by atoms with Crippen molar-refractivity contribution in [2.24, 2.45) is 5.92 Å². The maximum absolute atomic E-state index is 11.8. The van der Waals surface area contributed by atoms with Gasteiger partial charge in [-0.2, -0.15) is 0 Å². The molecule has 18 heavy (non-hydrogen) atoms. The van der Waals surface area contributed by atoms with Crippen LogP contribution in [0.15, 0.2) is 0 Å². The number of amides is 1. The molecule has 0 saturated heterocycles. The number of rotatable bonds is 7. The Morgan fingerprint density at radius 2 is 2.33 bits per heavy atom. The standard InChI is InChI=1S/C11H20N4O2S/c1-3-4-13-11-15-9(12)8(18-11)10(17)14-5-7(2)6-16/h7,16H,3-6,12H2,1-2H3,(H,13,15)(H,14,17). The van der Waals surface area contributed by atoms with E-state index in [9.17, 15) is 4.79 Å². The number of nitrogen functional groups attached to an aromatic ring is 1. The predicted octanol–water partition coefficient (Wildman–Crippen LogP) is 0.905. The van der Waals surface area contributed by atoms with Crippen LogP contribution in [0.4, 0.5) is 10.9 Å². The van der Waals surface area contributed by atoms with E-state index in [0.717, 1.165) is 13.0 Å². The van der Waals surface area contributed by atoms with Crippen LogP contribution in [-0.4, -0.2) is 35.7 Å². The third kappa shape index (κ3) is 4.15. The Hall–Kier alpha value is -1.34. The number of aliphatic hydroxyl groups excluding tert-OH is 1. The number of nitrogens with zero attached hydrogens (tertiary/aromatic N) is 1. The molecule has 7 heteroatoms. The molecule has 0 bridgehead atoms. The van der Waals surface area contributed by atoms with Crippen LogP contribution in [0.3, 0.4) is 0 Å². The van der Waals surface area contributed by atoms with Gasteiger partial charge in [-0.05, 0) is 12.3 Å². The van der Waals surface area contributed by atoms with Gasteiger partial charge in [-0.1, -0.05) is 25.2 Å². The summed E-state index contributed by atoms with van der Waals surface area (Å²) in [5.41, 5.74) is 5.70. The van der Waals surface area contributed by atoms with Gasteiger partial charge in [0.1, 0.15) is 10.7 Å². The number of aliphatic hydroxyl groups is 1. The Kier molecular flexibility index (Phi) is 5.87. The molecule has 0 radical (unpaired) electrons. The third-order valence-corrected chi connectivity index (χ3v) is 3.34. The molecule has 102 valence electrons. The molecule has 0 spiro atoms. The molecule has 5 N–H and O–H groups in total. The number of nitrogens with one attached hydrogen (secondary N) is 2. The van der Waals surface area contributed by atoms with E-state index >= 15 is 0 Å². The molecule has 0 aliphatic heterocycles. The van der Waals surface area contributed by atoms with Gasteiger partial charge in [0.15, 0.2) is 5.13 Å². The highest BCUT2D eigenvalue weighted by atomic mass is 32.1. The normalized spacial score (nSPS) is 12.2. The van der Waals surface area contributed by atoms with Crippen molar-refractivity contribution in [3.63, 3.8) is 0 Å². The Morgan fingerprint density at radius 3 is 2.94 bits per heavy atom. The van der Waals surface area contributed by atoms with E-state index in [-0.39, 0.29) is 24.2 Å². The van der Waals surface area contributed by atoms with Gasteiger partial charge in [0.05, 0.1) is 0 Å². The van der Waals surface area contributed by atoms with E-state index in [1.807, 2.05) is 13.8 Å². The molecule has 1 atom stereocenters. The largest absolute Gasteiger partial charge is 0.396 e. The summed E-state index contributed by atoms with van der Waals surface area (Å²) in [4.78, 5) is 16.3. The van der Waals surface area contributed by atoms with E-state index in [1.165, 1.54) is 11.3 Å². The monoisotopic (exact) mass is 272 g/mol. The molecule has 0 aliphatic carbocycles. The van der Waals surface area contributed by atoms with Gasteiger partial charge in [-0.3, -0.25) is 4.79 Å². The van der Waals surface area contributed by atoms with E-state index < -0.39 is 0 Å². The summed E-state index contributed by atoms with van der Waals surface area (Å²) in [6.07, 6.45) is 0.981. The highest BCUT2D eigenvalue weighted by molar-refractivity contribution is 7.18. The molecule has 1 heterocycles. The number of thiazole rings is 1. The molecule has 6 nitrogen and oxygen atoms in total. The lowest BCUT2D eigenvalue weighted by atomic mass is 10.2. The average molecular weight is 272 g/mol. The van der Waals surface area contributed by atoms with Crippen molar-refractivity contribution < 1.29 is 9.90 Å². The molecule has 0 saturated carbocycles. The molecule has 0 aromatic carbocycles. The second-order valence-electron chi connectivity index (χ2n) is 4.16. The topological polar surface area (TPSA) is 100 Å². The molecule has 1 aromatic rings. The number of carbonyl (C=O) groups excluding carboxylic acids is 1. The second-order valence-corrected chi connectivity index (χ2v) is 5.16. The zero-order valence-electron chi connectivity index (χ0n) is 10.7. The van der Waals surface area contributed by atoms with E-state index in [2.05, 4.69) is 15.6 Å². The lowest BCUT2D eigenvalue weighted by molar-refractivity contribution is 0.0947. The van der Waals surface area contributed by atoms with Gasteiger partial charge in [0, 0.05) is 19.7 Å². The Bertz CT molecular complexity index is 394. The Labute approximate surface area is 111 Å². The van der Waals surface area contributed by atoms with Gasteiger partial charge >= 0.3 is 0 Å². The van der Waals surface area contributed by atoms with Crippen molar-refractivity contribution >= 4 is 28.2 Å². The van der Waals surface area contributed by atoms with E-state index in [0.29, 0.717) is 16.6 Å². The molecular weight excluding hydrogens is 252 g/mol. The molecule has 1 unspecified atom stereocenters. The van der Waals surface area contributed by atoms with Gasteiger partial charge in [0.25, 0.3) is 5.91 Å². The van der Waals surface area contributed by atoms with Gasteiger partial charge in [-0.25, -0.2) is 4.98 Å². The van der Waals surface area contributed by atoms with Crippen molar-refractivity contribution in [2.45, 2.75) is 20.3 Å². The number of carbonyl (C=O) groups is 1. The molecule has 1 rings (SSSR count). The first-order valence-electron chi connectivity index (χ1n) is 5.97. The minimum Gasteiger partial charge on any atom is -0.396 e. The van der Waals surface area contributed by atoms with Crippen molar-refractivity contribution in [3.8, 4) is 0 Å². The Balaban J connectivity index is 2.59. The van der Waals surface area contributed by atoms with Crippen LogP contribution in [0.2, 0.25) is 0 Å². The van der Waals surface area contributed by atoms with Crippen molar-refractivity contribution in [1.29, 1.82) is 0 Å². The van der Waals surface area contributed by atoms with Gasteiger partial charge in [0.2, 0.25) is 0 Å². The fourth-order valence-electron chi connectivity index (χ4n) is 1.21. The van der Waals surface area contributed by atoms with Crippen LogP contribution in [0, 0.1) is 5.92 Å². The van der Waals surface area contributed by atoms with Crippen LogP contribution in [0.1, 0.15) is 29.9 Å². The number of nitrogens with two attached hydrogens (primary N) is 1. The summed E-state index contributed by atoms with van der Waals surface area (Å²) in [7, 11) is 0. The second kappa shape index (κ2) is 7.17. The maximum atomic E-state index is 11.8. The molecular formula is C11H20N4O2S. The molecule has 0 fully saturated rings. The van der Waals surface area contributed by atoms with E-state index in [1.54, 1.807) is 0 Å². The lowest BCUT2D eigenvalue weighted by Gasteiger charge is -2.08. The summed E-state index contributed by atoms with van der Waals surface area (Å²) in [6.45, 7) is 5.17.